The van der Waals surface area contributed by atoms with Gasteiger partial charge in [-0.1, -0.05) is 18.2 Å². The molecule has 112 valence electrons. The summed E-state index contributed by atoms with van der Waals surface area (Å²) in [5, 5.41) is 0. The van der Waals surface area contributed by atoms with Gasteiger partial charge in [-0.2, -0.15) is 0 Å². The lowest BCUT2D eigenvalue weighted by Gasteiger charge is -2.30. The van der Waals surface area contributed by atoms with Gasteiger partial charge in [-0.25, -0.2) is 0 Å². The van der Waals surface area contributed by atoms with Crippen LogP contribution in [0, 0.1) is 11.3 Å². The summed E-state index contributed by atoms with van der Waals surface area (Å²) >= 11 is 0. The van der Waals surface area contributed by atoms with Gasteiger partial charge < -0.3 is 9.47 Å². The molecule has 1 atom stereocenters. The quantitative estimate of drug-likeness (QED) is 0.387. The molecule has 0 N–H and O–H groups in total. The third-order valence-corrected chi connectivity index (χ3v) is 2.90. The Morgan fingerprint density at radius 2 is 1.60 bits per heavy atom. The number of carbonyl (C=O) groups is 3. The first-order valence-corrected chi connectivity index (χ1v) is 6.54. The Balaban J connectivity index is 6.05. The molecule has 0 aromatic rings. The molecule has 5 nitrogen and oxygen atoms in total. The fraction of sp³-hybridized carbons (Fsp3) is 0.533. The molecule has 0 fully saturated rings. The number of allylic oxidation sites excluding steroid dienone is 3. The molecule has 0 amide bonds. The van der Waals surface area contributed by atoms with Crippen molar-refractivity contribution in [2.45, 2.75) is 27.7 Å². The van der Waals surface area contributed by atoms with E-state index in [0.717, 1.165) is 0 Å². The molecule has 0 aromatic carbocycles. The number of esters is 2. The van der Waals surface area contributed by atoms with Crippen molar-refractivity contribution in [3.63, 3.8) is 0 Å². The van der Waals surface area contributed by atoms with Crippen molar-refractivity contribution in [3.8, 4) is 0 Å². The first kappa shape index (κ1) is 18.1. The second-order valence-corrected chi connectivity index (χ2v) is 4.09. The van der Waals surface area contributed by atoms with E-state index in [4.69, 9.17) is 9.47 Å². The average molecular weight is 282 g/mol. The maximum absolute atomic E-state index is 12.3. The molecule has 0 spiro atoms. The molecule has 5 heteroatoms. The summed E-state index contributed by atoms with van der Waals surface area (Å²) in [6.45, 7) is 9.82. The van der Waals surface area contributed by atoms with Crippen LogP contribution in [0.5, 0.6) is 0 Å². The molecule has 0 heterocycles. The zero-order chi connectivity index (χ0) is 15.8. The van der Waals surface area contributed by atoms with E-state index in [9.17, 15) is 14.4 Å². The average Bonchev–Trinajstić information content (AvgIpc) is 2.38. The molecule has 0 rings (SSSR count). The Bertz CT molecular complexity index is 390. The van der Waals surface area contributed by atoms with Crippen molar-refractivity contribution in [3.05, 3.63) is 24.8 Å². The molecule has 0 saturated heterocycles. The number of ketones is 1. The third kappa shape index (κ3) is 3.35. The van der Waals surface area contributed by atoms with Crippen LogP contribution in [0.4, 0.5) is 0 Å². The van der Waals surface area contributed by atoms with Crippen LogP contribution in [0.1, 0.15) is 27.7 Å². The van der Waals surface area contributed by atoms with E-state index in [-0.39, 0.29) is 13.2 Å². The molecule has 0 aliphatic carbocycles. The summed E-state index contributed by atoms with van der Waals surface area (Å²) in [4.78, 5) is 36.6. The Hall–Kier alpha value is -1.91. The highest BCUT2D eigenvalue weighted by Gasteiger charge is 2.57. The van der Waals surface area contributed by atoms with Gasteiger partial charge in [0.05, 0.1) is 13.2 Å². The van der Waals surface area contributed by atoms with Crippen LogP contribution in [0.25, 0.3) is 0 Å². The normalized spacial score (nSPS) is 12.8. The molecule has 0 aliphatic rings. The fourth-order valence-electron chi connectivity index (χ4n) is 1.97. The van der Waals surface area contributed by atoms with Gasteiger partial charge in [0.25, 0.3) is 0 Å². The van der Waals surface area contributed by atoms with Gasteiger partial charge in [0.15, 0.2) is 5.78 Å². The van der Waals surface area contributed by atoms with Gasteiger partial charge in [-0.3, -0.25) is 14.4 Å². The van der Waals surface area contributed by atoms with Crippen LogP contribution < -0.4 is 0 Å². The molecule has 20 heavy (non-hydrogen) atoms. The van der Waals surface area contributed by atoms with Crippen molar-refractivity contribution in [2.75, 3.05) is 13.2 Å². The lowest BCUT2D eigenvalue weighted by molar-refractivity contribution is -0.176. The van der Waals surface area contributed by atoms with Crippen LogP contribution in [0.15, 0.2) is 24.8 Å². The number of hydrogen-bond acceptors (Lipinski definition) is 5. The highest BCUT2D eigenvalue weighted by atomic mass is 16.6. The van der Waals surface area contributed by atoms with E-state index in [2.05, 4.69) is 6.58 Å². The Labute approximate surface area is 119 Å². The van der Waals surface area contributed by atoms with E-state index < -0.39 is 29.1 Å². The van der Waals surface area contributed by atoms with Crippen molar-refractivity contribution in [2.24, 2.45) is 11.3 Å². The molecule has 0 saturated carbocycles. The van der Waals surface area contributed by atoms with E-state index in [1.165, 1.54) is 13.0 Å². The molecule has 0 bridgehead atoms. The Kier molecular flexibility index (Phi) is 7.51. The zero-order valence-electron chi connectivity index (χ0n) is 12.5. The van der Waals surface area contributed by atoms with Crippen LogP contribution in [0.2, 0.25) is 0 Å². The third-order valence-electron chi connectivity index (χ3n) is 2.90. The minimum absolute atomic E-state index is 0.0625. The lowest BCUT2D eigenvalue weighted by atomic mass is 9.72. The topological polar surface area (TPSA) is 69.7 Å². The lowest BCUT2D eigenvalue weighted by Crippen LogP contribution is -2.52. The van der Waals surface area contributed by atoms with Gasteiger partial charge in [0.2, 0.25) is 5.41 Å². The summed E-state index contributed by atoms with van der Waals surface area (Å²) in [7, 11) is 0. The zero-order valence-corrected chi connectivity index (χ0v) is 12.5. The van der Waals surface area contributed by atoms with Gasteiger partial charge in [0.1, 0.15) is 0 Å². The Morgan fingerprint density at radius 1 is 1.15 bits per heavy atom. The number of rotatable bonds is 8. The van der Waals surface area contributed by atoms with Crippen LogP contribution >= 0.6 is 0 Å². The monoisotopic (exact) mass is 282 g/mol. The molecule has 1 unspecified atom stereocenters. The van der Waals surface area contributed by atoms with Crippen LogP contribution in [0.3, 0.4) is 0 Å². The summed E-state index contributed by atoms with van der Waals surface area (Å²) in [5.41, 5.74) is -2.03. The number of carbonyl (C=O) groups excluding carboxylic acids is 3. The van der Waals surface area contributed by atoms with Crippen molar-refractivity contribution >= 4 is 17.7 Å². The molecular weight excluding hydrogens is 260 g/mol. The molecular formula is C15H22O5. The predicted molar refractivity (Wildman–Crippen MR) is 74.9 cm³/mol. The van der Waals surface area contributed by atoms with Crippen molar-refractivity contribution in [1.29, 1.82) is 0 Å². The summed E-state index contributed by atoms with van der Waals surface area (Å²) < 4.78 is 9.85. The first-order valence-electron chi connectivity index (χ1n) is 6.54. The highest BCUT2D eigenvalue weighted by Crippen LogP contribution is 2.35. The number of ether oxygens (including phenoxy) is 2. The first-order chi connectivity index (χ1) is 9.43. The van der Waals surface area contributed by atoms with Gasteiger partial charge >= 0.3 is 11.9 Å². The van der Waals surface area contributed by atoms with E-state index in [0.29, 0.717) is 0 Å². The van der Waals surface area contributed by atoms with Crippen LogP contribution in [-0.4, -0.2) is 30.9 Å². The largest absolute Gasteiger partial charge is 0.465 e. The second-order valence-electron chi connectivity index (χ2n) is 4.09. The van der Waals surface area contributed by atoms with Crippen LogP contribution in [-0.2, 0) is 23.9 Å². The SMILES string of the molecule is C=CC(/C=C/C)C(C(C)=O)(C(=O)OCC)C(=O)OCC. The number of Topliss-reactive ketones (excluding diaryl/α,β-unsaturated/α-hetero) is 1. The van der Waals surface area contributed by atoms with E-state index in [1.807, 2.05) is 0 Å². The van der Waals surface area contributed by atoms with Crippen molar-refractivity contribution in [1.82, 2.24) is 0 Å². The minimum atomic E-state index is -2.03. The van der Waals surface area contributed by atoms with E-state index >= 15 is 0 Å². The number of hydrogen-bond donors (Lipinski definition) is 0. The van der Waals surface area contributed by atoms with Gasteiger partial charge in [0, 0.05) is 5.92 Å². The fourth-order valence-corrected chi connectivity index (χ4v) is 1.97. The van der Waals surface area contributed by atoms with Gasteiger partial charge in [-0.15, -0.1) is 6.58 Å². The summed E-state index contributed by atoms with van der Waals surface area (Å²) in [6, 6.07) is 0. The standard InChI is InChI=1S/C15H22O5/c1-6-10-12(7-2)15(11(5)16,13(17)19-8-3)14(18)20-9-4/h6-7,10,12H,2,8-9H2,1,3-5H3/b10-6+. The predicted octanol–water partition coefficient (Wildman–Crippen LogP) is 2.07. The van der Waals surface area contributed by atoms with Gasteiger partial charge in [-0.05, 0) is 27.7 Å². The maximum Gasteiger partial charge on any atom is 0.332 e. The molecule has 0 aromatic heterocycles. The highest BCUT2D eigenvalue weighted by molar-refractivity contribution is 6.20. The maximum atomic E-state index is 12.3. The molecule has 0 aliphatic heterocycles. The van der Waals surface area contributed by atoms with E-state index in [1.54, 1.807) is 32.9 Å². The summed E-state index contributed by atoms with van der Waals surface area (Å²) in [6.07, 6.45) is 4.57. The molecule has 0 radical (unpaired) electrons. The smallest absolute Gasteiger partial charge is 0.332 e. The minimum Gasteiger partial charge on any atom is -0.465 e. The van der Waals surface area contributed by atoms with Crippen molar-refractivity contribution < 1.29 is 23.9 Å². The Morgan fingerprint density at radius 3 is 1.85 bits per heavy atom. The second kappa shape index (κ2) is 8.30. The summed E-state index contributed by atoms with van der Waals surface area (Å²) in [5.74, 6) is -3.26.